The number of ether oxygens (including phenoxy) is 2. The topological polar surface area (TPSA) is 21.7 Å². The molecule has 0 heterocycles. The number of benzene rings is 1. The highest BCUT2D eigenvalue weighted by Gasteiger charge is 2.10. The van der Waals surface area contributed by atoms with Crippen molar-refractivity contribution in [3.8, 4) is 11.5 Å². The fraction of sp³-hybridized carbons (Fsp3) is 0.538. The zero-order valence-corrected chi connectivity index (χ0v) is 12.1. The first-order valence-electron chi connectivity index (χ1n) is 5.56. The van der Waals surface area contributed by atoms with Gasteiger partial charge in [0.15, 0.2) is 0 Å². The molecule has 0 aliphatic heterocycles. The average Bonchev–Trinajstić information content (AvgIpc) is 2.34. The molecule has 0 aliphatic carbocycles. The molecule has 0 amide bonds. The van der Waals surface area contributed by atoms with Crippen molar-refractivity contribution in [3.05, 3.63) is 17.7 Å². The van der Waals surface area contributed by atoms with E-state index in [0.29, 0.717) is 0 Å². The number of nitrogens with zero attached hydrogens (tertiary/aromatic N) is 1. The number of rotatable bonds is 6. The van der Waals surface area contributed by atoms with Crippen LogP contribution >= 0.6 is 11.8 Å². The van der Waals surface area contributed by atoms with Crippen LogP contribution in [0.5, 0.6) is 11.5 Å². The summed E-state index contributed by atoms with van der Waals surface area (Å²) in [5.41, 5.74) is 1.19. The Balaban J connectivity index is 3.01. The molecule has 0 aliphatic rings. The van der Waals surface area contributed by atoms with E-state index in [4.69, 9.17) is 9.47 Å². The minimum absolute atomic E-state index is 0.923. The maximum absolute atomic E-state index is 5.43. The van der Waals surface area contributed by atoms with E-state index in [1.807, 2.05) is 6.26 Å². The highest BCUT2D eigenvalue weighted by Crippen LogP contribution is 2.34. The van der Waals surface area contributed by atoms with Gasteiger partial charge in [0.1, 0.15) is 11.5 Å². The molecule has 0 N–H and O–H groups in total. The molecule has 4 heteroatoms. The van der Waals surface area contributed by atoms with Crippen LogP contribution in [0.1, 0.15) is 5.56 Å². The minimum atomic E-state index is 0.923. The van der Waals surface area contributed by atoms with Gasteiger partial charge < -0.3 is 14.4 Å². The molecular formula is C13H21NO2S. The second kappa shape index (κ2) is 6.77. The Morgan fingerprint density at radius 1 is 1.12 bits per heavy atom. The Labute approximate surface area is 108 Å². The predicted molar refractivity (Wildman–Crippen MR) is 73.6 cm³/mol. The van der Waals surface area contributed by atoms with Crippen LogP contribution in [0, 0.1) is 0 Å². The summed E-state index contributed by atoms with van der Waals surface area (Å²) in [7, 11) is 7.56. The quantitative estimate of drug-likeness (QED) is 0.728. The monoisotopic (exact) mass is 255 g/mol. The number of methoxy groups -OCH3 is 2. The van der Waals surface area contributed by atoms with Gasteiger partial charge in [-0.3, -0.25) is 0 Å². The van der Waals surface area contributed by atoms with Crippen molar-refractivity contribution in [2.24, 2.45) is 0 Å². The second-order valence-electron chi connectivity index (χ2n) is 4.07. The third-order valence-corrected chi connectivity index (χ3v) is 3.37. The molecule has 1 aromatic carbocycles. The zero-order chi connectivity index (χ0) is 12.8. The molecule has 0 unspecified atom stereocenters. The summed E-state index contributed by atoms with van der Waals surface area (Å²) < 4.78 is 10.8. The number of thioether (sulfide) groups is 1. The first kappa shape index (κ1) is 14.2. The van der Waals surface area contributed by atoms with E-state index in [2.05, 4.69) is 31.1 Å². The van der Waals surface area contributed by atoms with Gasteiger partial charge in [0.05, 0.1) is 19.1 Å². The SMILES string of the molecule is COc1cc(SC)c(OC)cc1CCN(C)C. The highest BCUT2D eigenvalue weighted by atomic mass is 32.2. The lowest BCUT2D eigenvalue weighted by Crippen LogP contribution is -2.15. The lowest BCUT2D eigenvalue weighted by Gasteiger charge is -2.15. The van der Waals surface area contributed by atoms with Crippen LogP contribution in [0.4, 0.5) is 0 Å². The Morgan fingerprint density at radius 2 is 1.76 bits per heavy atom. The Kier molecular flexibility index (Phi) is 5.65. The fourth-order valence-corrected chi connectivity index (χ4v) is 2.20. The smallest absolute Gasteiger partial charge is 0.132 e. The third kappa shape index (κ3) is 3.82. The van der Waals surface area contributed by atoms with Crippen molar-refractivity contribution < 1.29 is 9.47 Å². The summed E-state index contributed by atoms with van der Waals surface area (Å²) in [6, 6.07) is 4.13. The predicted octanol–water partition coefficient (Wildman–Crippen LogP) is 2.53. The van der Waals surface area contributed by atoms with Crippen LogP contribution in [0.2, 0.25) is 0 Å². The maximum Gasteiger partial charge on any atom is 0.132 e. The van der Waals surface area contributed by atoms with Gasteiger partial charge in [0, 0.05) is 6.54 Å². The van der Waals surface area contributed by atoms with Crippen LogP contribution in [0.15, 0.2) is 17.0 Å². The van der Waals surface area contributed by atoms with E-state index < -0.39 is 0 Å². The standard InChI is InChI=1S/C13H21NO2S/c1-14(2)7-6-10-8-12(16-4)13(17-5)9-11(10)15-3/h8-9H,6-7H2,1-5H3. The van der Waals surface area contributed by atoms with Gasteiger partial charge in [-0.05, 0) is 44.5 Å². The number of hydrogen-bond acceptors (Lipinski definition) is 4. The van der Waals surface area contributed by atoms with Gasteiger partial charge in [0.25, 0.3) is 0 Å². The van der Waals surface area contributed by atoms with E-state index in [9.17, 15) is 0 Å². The second-order valence-corrected chi connectivity index (χ2v) is 4.92. The van der Waals surface area contributed by atoms with Gasteiger partial charge in [-0.1, -0.05) is 0 Å². The molecule has 0 fully saturated rings. The maximum atomic E-state index is 5.43. The average molecular weight is 255 g/mol. The van der Waals surface area contributed by atoms with E-state index in [1.54, 1.807) is 26.0 Å². The summed E-state index contributed by atoms with van der Waals surface area (Å²) in [6.45, 7) is 0.998. The zero-order valence-electron chi connectivity index (χ0n) is 11.2. The van der Waals surface area contributed by atoms with Gasteiger partial charge in [0.2, 0.25) is 0 Å². The van der Waals surface area contributed by atoms with Crippen molar-refractivity contribution in [1.29, 1.82) is 0 Å². The van der Waals surface area contributed by atoms with E-state index >= 15 is 0 Å². The Morgan fingerprint density at radius 3 is 2.24 bits per heavy atom. The summed E-state index contributed by atoms with van der Waals surface area (Å²) in [5.74, 6) is 1.86. The first-order valence-corrected chi connectivity index (χ1v) is 6.78. The molecule has 0 saturated heterocycles. The summed E-state index contributed by atoms with van der Waals surface area (Å²) >= 11 is 1.67. The van der Waals surface area contributed by atoms with Crippen LogP contribution in [0.3, 0.4) is 0 Å². The Hall–Kier alpha value is -0.870. The Bertz CT molecular complexity index is 367. The van der Waals surface area contributed by atoms with Crippen molar-refractivity contribution in [2.75, 3.05) is 41.1 Å². The molecule has 1 rings (SSSR count). The molecule has 0 atom stereocenters. The van der Waals surface area contributed by atoms with Crippen LogP contribution < -0.4 is 9.47 Å². The number of hydrogen-bond donors (Lipinski definition) is 0. The van der Waals surface area contributed by atoms with Gasteiger partial charge in [-0.2, -0.15) is 0 Å². The molecule has 0 aromatic heterocycles. The molecule has 0 saturated carbocycles. The van der Waals surface area contributed by atoms with Crippen molar-refractivity contribution in [3.63, 3.8) is 0 Å². The molecular weight excluding hydrogens is 234 g/mol. The highest BCUT2D eigenvalue weighted by molar-refractivity contribution is 7.98. The van der Waals surface area contributed by atoms with Crippen LogP contribution in [-0.2, 0) is 6.42 Å². The van der Waals surface area contributed by atoms with Crippen molar-refractivity contribution >= 4 is 11.8 Å². The van der Waals surface area contributed by atoms with Gasteiger partial charge >= 0.3 is 0 Å². The minimum Gasteiger partial charge on any atom is -0.496 e. The summed E-state index contributed by atoms with van der Waals surface area (Å²) in [6.07, 6.45) is 3.00. The summed E-state index contributed by atoms with van der Waals surface area (Å²) in [4.78, 5) is 3.27. The molecule has 17 heavy (non-hydrogen) atoms. The third-order valence-electron chi connectivity index (χ3n) is 2.61. The van der Waals surface area contributed by atoms with Crippen molar-refractivity contribution in [1.82, 2.24) is 4.90 Å². The first-order chi connectivity index (χ1) is 8.12. The van der Waals surface area contributed by atoms with Crippen LogP contribution in [-0.4, -0.2) is 46.0 Å². The van der Waals surface area contributed by atoms with Crippen LogP contribution in [0.25, 0.3) is 0 Å². The van der Waals surface area contributed by atoms with Crippen molar-refractivity contribution in [2.45, 2.75) is 11.3 Å². The molecule has 0 spiro atoms. The lowest BCUT2D eigenvalue weighted by molar-refractivity contribution is 0.381. The van der Waals surface area contributed by atoms with E-state index in [1.165, 1.54) is 5.56 Å². The molecule has 3 nitrogen and oxygen atoms in total. The molecule has 96 valence electrons. The normalized spacial score (nSPS) is 10.7. The lowest BCUT2D eigenvalue weighted by atomic mass is 10.1. The molecule has 0 radical (unpaired) electrons. The largest absolute Gasteiger partial charge is 0.496 e. The summed E-state index contributed by atoms with van der Waals surface area (Å²) in [5, 5.41) is 0. The van der Waals surface area contributed by atoms with E-state index in [0.717, 1.165) is 29.4 Å². The van der Waals surface area contributed by atoms with Gasteiger partial charge in [-0.25, -0.2) is 0 Å². The molecule has 1 aromatic rings. The molecule has 0 bridgehead atoms. The fourth-order valence-electron chi connectivity index (χ4n) is 1.63. The van der Waals surface area contributed by atoms with Gasteiger partial charge in [-0.15, -0.1) is 11.8 Å². The van der Waals surface area contributed by atoms with E-state index in [-0.39, 0.29) is 0 Å². The number of likely N-dealkylation sites (N-methyl/N-ethyl adjacent to an activating group) is 1.